The maximum atomic E-state index is 11.5. The lowest BCUT2D eigenvalue weighted by Crippen LogP contribution is -2.28. The molecule has 0 spiro atoms. The van der Waals surface area contributed by atoms with E-state index in [1.165, 1.54) is 11.9 Å². The van der Waals surface area contributed by atoms with E-state index in [0.29, 0.717) is 11.3 Å². The van der Waals surface area contributed by atoms with Gasteiger partial charge in [-0.15, -0.1) is 0 Å². The quantitative estimate of drug-likeness (QED) is 0.828. The lowest BCUT2D eigenvalue weighted by atomic mass is 10.2. The third-order valence-electron chi connectivity index (χ3n) is 1.98. The van der Waals surface area contributed by atoms with Crippen LogP contribution in [0, 0.1) is 11.3 Å². The fraction of sp³-hybridized carbons (Fsp3) is 0.273. The Kier molecular flexibility index (Phi) is 4.30. The van der Waals surface area contributed by atoms with Crippen LogP contribution in [0.4, 0.5) is 10.5 Å². The number of rotatable bonds is 3. The first-order valence-electron chi connectivity index (χ1n) is 4.71. The minimum atomic E-state index is -0.600. The van der Waals surface area contributed by atoms with Gasteiger partial charge in [-0.2, -0.15) is 5.26 Å². The molecule has 1 aromatic rings. The van der Waals surface area contributed by atoms with Crippen LogP contribution in [0.2, 0.25) is 0 Å². The van der Waals surface area contributed by atoms with Crippen LogP contribution in [0.3, 0.4) is 0 Å². The van der Waals surface area contributed by atoms with E-state index in [1.807, 2.05) is 6.07 Å². The van der Waals surface area contributed by atoms with E-state index in [9.17, 15) is 4.79 Å². The number of carbonyl (C=O) groups excluding carboxylic acids is 1. The van der Waals surface area contributed by atoms with Crippen LogP contribution in [-0.4, -0.2) is 31.5 Å². The Labute approximate surface area is 93.5 Å². The highest BCUT2D eigenvalue weighted by Gasteiger charge is 2.14. The molecule has 16 heavy (non-hydrogen) atoms. The number of hydrogen-bond donors (Lipinski definition) is 1. The van der Waals surface area contributed by atoms with Crippen molar-refractivity contribution in [2.75, 3.05) is 25.2 Å². The fourth-order valence-electron chi connectivity index (χ4n) is 1.19. The maximum absolute atomic E-state index is 11.5. The van der Waals surface area contributed by atoms with E-state index in [4.69, 9.17) is 15.1 Å². The van der Waals surface area contributed by atoms with Crippen LogP contribution in [0.15, 0.2) is 24.3 Å². The highest BCUT2D eigenvalue weighted by molar-refractivity contribution is 5.88. The van der Waals surface area contributed by atoms with Crippen molar-refractivity contribution in [1.82, 2.24) is 0 Å². The molecule has 0 radical (unpaired) electrons. The number of carbonyl (C=O) groups is 1. The summed E-state index contributed by atoms with van der Waals surface area (Å²) in [7, 11) is 1.51. The predicted octanol–water partition coefficient (Wildman–Crippen LogP) is 1.12. The number of aliphatic hydroxyl groups is 1. The first kappa shape index (κ1) is 12.0. The van der Waals surface area contributed by atoms with Crippen molar-refractivity contribution in [1.29, 1.82) is 5.26 Å². The Morgan fingerprint density at radius 1 is 1.56 bits per heavy atom. The second-order valence-electron chi connectivity index (χ2n) is 3.03. The van der Waals surface area contributed by atoms with E-state index < -0.39 is 6.09 Å². The molecule has 1 N–H and O–H groups in total. The summed E-state index contributed by atoms with van der Waals surface area (Å²) >= 11 is 0. The molecule has 1 rings (SSSR count). The summed E-state index contributed by atoms with van der Waals surface area (Å²) in [5.74, 6) is 0. The van der Waals surface area contributed by atoms with Gasteiger partial charge in [0.25, 0.3) is 0 Å². The number of ether oxygens (including phenoxy) is 1. The van der Waals surface area contributed by atoms with E-state index in [1.54, 1.807) is 24.3 Å². The number of nitrogens with zero attached hydrogens (tertiary/aromatic N) is 2. The minimum Gasteiger partial charge on any atom is -0.447 e. The molecule has 1 amide bonds. The summed E-state index contributed by atoms with van der Waals surface area (Å²) in [5, 5.41) is 17.4. The zero-order valence-electron chi connectivity index (χ0n) is 8.88. The first-order chi connectivity index (χ1) is 7.70. The number of aliphatic hydroxyl groups excluding tert-OH is 1. The zero-order chi connectivity index (χ0) is 12.0. The van der Waals surface area contributed by atoms with Gasteiger partial charge < -0.3 is 9.84 Å². The molecule has 0 aliphatic heterocycles. The molecule has 5 nitrogen and oxygen atoms in total. The summed E-state index contributed by atoms with van der Waals surface area (Å²) in [6.45, 7) is -0.280. The molecule has 0 bridgehead atoms. The smallest absolute Gasteiger partial charge is 0.414 e. The van der Waals surface area contributed by atoms with Gasteiger partial charge in [-0.05, 0) is 12.1 Å². The summed E-state index contributed by atoms with van der Waals surface area (Å²) in [5.41, 5.74) is 0.874. The molecule has 0 saturated heterocycles. The second-order valence-corrected chi connectivity index (χ2v) is 3.03. The molecular weight excluding hydrogens is 208 g/mol. The zero-order valence-corrected chi connectivity index (χ0v) is 8.88. The molecule has 0 unspecified atom stereocenters. The van der Waals surface area contributed by atoms with Gasteiger partial charge in [-0.3, -0.25) is 4.90 Å². The van der Waals surface area contributed by atoms with E-state index in [-0.39, 0.29) is 13.2 Å². The van der Waals surface area contributed by atoms with Gasteiger partial charge in [0.1, 0.15) is 12.7 Å². The summed E-state index contributed by atoms with van der Waals surface area (Å²) in [6.07, 6.45) is -0.600. The Morgan fingerprint density at radius 2 is 2.25 bits per heavy atom. The van der Waals surface area contributed by atoms with Crippen molar-refractivity contribution >= 4 is 11.8 Å². The van der Waals surface area contributed by atoms with Crippen LogP contribution in [0.25, 0.3) is 0 Å². The molecule has 1 aromatic carbocycles. The normalized spacial score (nSPS) is 9.31. The largest absolute Gasteiger partial charge is 0.447 e. The van der Waals surface area contributed by atoms with Crippen LogP contribution in [-0.2, 0) is 4.74 Å². The Balaban J connectivity index is 2.84. The molecule has 0 aliphatic carbocycles. The highest BCUT2D eigenvalue weighted by Crippen LogP contribution is 2.18. The molecule has 84 valence electrons. The maximum Gasteiger partial charge on any atom is 0.414 e. The third-order valence-corrected chi connectivity index (χ3v) is 1.98. The van der Waals surface area contributed by atoms with Crippen molar-refractivity contribution in [3.8, 4) is 6.07 Å². The van der Waals surface area contributed by atoms with Gasteiger partial charge >= 0.3 is 6.09 Å². The molecule has 5 heteroatoms. The molecule has 0 fully saturated rings. The van der Waals surface area contributed by atoms with E-state index in [0.717, 1.165) is 0 Å². The molecule has 0 aromatic heterocycles. The predicted molar refractivity (Wildman–Crippen MR) is 58.0 cm³/mol. The van der Waals surface area contributed by atoms with Crippen LogP contribution >= 0.6 is 0 Å². The lowest BCUT2D eigenvalue weighted by Gasteiger charge is -2.17. The number of anilines is 1. The lowest BCUT2D eigenvalue weighted by molar-refractivity contribution is 0.126. The van der Waals surface area contributed by atoms with Crippen molar-refractivity contribution in [3.05, 3.63) is 29.8 Å². The Bertz CT molecular complexity index is 412. The number of para-hydroxylation sites is 1. The second kappa shape index (κ2) is 5.73. The van der Waals surface area contributed by atoms with Gasteiger partial charge in [0.2, 0.25) is 0 Å². The summed E-state index contributed by atoms with van der Waals surface area (Å²) in [6, 6.07) is 8.70. The van der Waals surface area contributed by atoms with Crippen LogP contribution in [0.1, 0.15) is 5.56 Å². The topological polar surface area (TPSA) is 73.6 Å². The minimum absolute atomic E-state index is 0.0576. The van der Waals surface area contributed by atoms with Gasteiger partial charge in [-0.1, -0.05) is 12.1 Å². The summed E-state index contributed by atoms with van der Waals surface area (Å²) in [4.78, 5) is 12.7. The van der Waals surface area contributed by atoms with Gasteiger partial charge in [0.05, 0.1) is 17.9 Å². The van der Waals surface area contributed by atoms with Gasteiger partial charge in [0, 0.05) is 7.05 Å². The van der Waals surface area contributed by atoms with E-state index >= 15 is 0 Å². The first-order valence-corrected chi connectivity index (χ1v) is 4.71. The molecule has 0 atom stereocenters. The number of benzene rings is 1. The van der Waals surface area contributed by atoms with Gasteiger partial charge in [0.15, 0.2) is 0 Å². The third kappa shape index (κ3) is 2.72. The number of amides is 1. The van der Waals surface area contributed by atoms with Crippen molar-refractivity contribution < 1.29 is 14.6 Å². The average molecular weight is 220 g/mol. The Morgan fingerprint density at radius 3 is 2.88 bits per heavy atom. The van der Waals surface area contributed by atoms with Crippen molar-refractivity contribution in [2.45, 2.75) is 0 Å². The monoisotopic (exact) mass is 220 g/mol. The molecule has 0 saturated carbocycles. The SMILES string of the molecule is CN(C(=O)OCCO)c1ccccc1C#N. The van der Waals surface area contributed by atoms with Crippen molar-refractivity contribution in [3.63, 3.8) is 0 Å². The number of hydrogen-bond acceptors (Lipinski definition) is 4. The average Bonchev–Trinajstić information content (AvgIpc) is 2.34. The molecule has 0 aliphatic rings. The van der Waals surface area contributed by atoms with E-state index in [2.05, 4.69) is 0 Å². The molecular formula is C11H12N2O3. The van der Waals surface area contributed by atoms with Crippen LogP contribution < -0.4 is 4.90 Å². The Hall–Kier alpha value is -2.06. The number of nitriles is 1. The van der Waals surface area contributed by atoms with Gasteiger partial charge in [-0.25, -0.2) is 4.79 Å². The van der Waals surface area contributed by atoms with Crippen LogP contribution in [0.5, 0.6) is 0 Å². The standard InChI is InChI=1S/C11H12N2O3/c1-13(11(15)16-7-6-14)10-5-3-2-4-9(10)8-12/h2-5,14H,6-7H2,1H3. The van der Waals surface area contributed by atoms with Crippen molar-refractivity contribution in [2.24, 2.45) is 0 Å². The molecule has 0 heterocycles. The highest BCUT2D eigenvalue weighted by atomic mass is 16.6. The summed E-state index contributed by atoms with van der Waals surface area (Å²) < 4.78 is 4.73. The fourth-order valence-corrected chi connectivity index (χ4v) is 1.19.